The van der Waals surface area contributed by atoms with Crippen LogP contribution in [0.15, 0.2) is 29.8 Å². The SMILES string of the molecule is C=C1c2cc(Cl)ccc2N=C([C@H](CCC)N2CCN(C)C[C@H](C)C2)N1CC. The zero-order chi connectivity index (χ0) is 19.6. The molecular weight excluding hydrogens is 356 g/mol. The Morgan fingerprint density at radius 3 is 2.74 bits per heavy atom. The molecule has 2 atom stereocenters. The van der Waals surface area contributed by atoms with Crippen molar-refractivity contribution in [1.29, 1.82) is 0 Å². The first kappa shape index (κ1) is 20.4. The average molecular weight is 389 g/mol. The second-order valence-corrected chi connectivity index (χ2v) is 8.43. The van der Waals surface area contributed by atoms with Crippen molar-refractivity contribution < 1.29 is 0 Å². The van der Waals surface area contributed by atoms with Gasteiger partial charge in [0.2, 0.25) is 0 Å². The largest absolute Gasteiger partial charge is 0.329 e. The van der Waals surface area contributed by atoms with Crippen LogP contribution in [0.25, 0.3) is 5.70 Å². The molecule has 0 aliphatic carbocycles. The van der Waals surface area contributed by atoms with Crippen molar-refractivity contribution in [3.63, 3.8) is 0 Å². The third-order valence-corrected chi connectivity index (χ3v) is 5.90. The van der Waals surface area contributed by atoms with Gasteiger partial charge in [0, 0.05) is 49.0 Å². The molecule has 2 aliphatic heterocycles. The molecule has 0 amide bonds. The standard InChI is InChI=1S/C22H33ClN4/c1-6-8-21(26-12-11-25(5)14-16(3)15-26)22-24-20-10-9-18(23)13-19(20)17(4)27(22)7-2/h9-10,13,16,21H,4,6-8,11-12,14-15H2,1-3,5H3/t16-,21-/m0/s1. The maximum atomic E-state index is 6.23. The molecule has 0 spiro atoms. The third-order valence-electron chi connectivity index (χ3n) is 5.66. The fourth-order valence-corrected chi connectivity index (χ4v) is 4.59. The monoisotopic (exact) mass is 388 g/mol. The average Bonchev–Trinajstić information content (AvgIpc) is 2.80. The Kier molecular flexibility index (Phi) is 6.61. The first-order valence-electron chi connectivity index (χ1n) is 10.2. The number of amidine groups is 1. The van der Waals surface area contributed by atoms with Crippen LogP contribution in [0, 0.1) is 5.92 Å². The molecule has 3 rings (SSSR count). The molecule has 1 fully saturated rings. The summed E-state index contributed by atoms with van der Waals surface area (Å²) in [7, 11) is 2.23. The predicted molar refractivity (Wildman–Crippen MR) is 117 cm³/mol. The summed E-state index contributed by atoms with van der Waals surface area (Å²) in [6.07, 6.45) is 2.25. The van der Waals surface area contributed by atoms with Crippen molar-refractivity contribution in [1.82, 2.24) is 14.7 Å². The van der Waals surface area contributed by atoms with E-state index >= 15 is 0 Å². The van der Waals surface area contributed by atoms with Gasteiger partial charge in [-0.25, -0.2) is 4.99 Å². The summed E-state index contributed by atoms with van der Waals surface area (Å²) in [5, 5.41) is 0.735. The molecule has 0 aromatic heterocycles. The summed E-state index contributed by atoms with van der Waals surface area (Å²) >= 11 is 6.23. The quantitative estimate of drug-likeness (QED) is 0.728. The molecule has 2 heterocycles. The minimum Gasteiger partial charge on any atom is -0.329 e. The first-order valence-corrected chi connectivity index (χ1v) is 10.6. The van der Waals surface area contributed by atoms with Crippen molar-refractivity contribution in [2.45, 2.75) is 39.7 Å². The molecule has 1 saturated heterocycles. The first-order chi connectivity index (χ1) is 12.9. The highest BCUT2D eigenvalue weighted by Gasteiger charge is 2.33. The number of likely N-dealkylation sites (N-methyl/N-ethyl adjacent to an activating group) is 2. The van der Waals surface area contributed by atoms with Gasteiger partial charge in [0.25, 0.3) is 0 Å². The Bertz CT molecular complexity index is 714. The van der Waals surface area contributed by atoms with Gasteiger partial charge in [-0.1, -0.05) is 38.4 Å². The Labute approximate surface area is 169 Å². The van der Waals surface area contributed by atoms with E-state index in [1.54, 1.807) is 0 Å². The molecule has 2 aliphatic rings. The number of hydrogen-bond acceptors (Lipinski definition) is 4. The third kappa shape index (κ3) is 4.39. The van der Waals surface area contributed by atoms with Gasteiger partial charge in [-0.05, 0) is 44.5 Å². The maximum absolute atomic E-state index is 6.23. The van der Waals surface area contributed by atoms with E-state index in [9.17, 15) is 0 Å². The number of nitrogens with zero attached hydrogens (tertiary/aromatic N) is 4. The second kappa shape index (κ2) is 8.76. The summed E-state index contributed by atoms with van der Waals surface area (Å²) in [5.41, 5.74) is 3.05. The summed E-state index contributed by atoms with van der Waals surface area (Å²) in [4.78, 5) is 12.5. The molecule has 5 heteroatoms. The van der Waals surface area contributed by atoms with Gasteiger partial charge < -0.3 is 9.80 Å². The Balaban J connectivity index is 2.00. The lowest BCUT2D eigenvalue weighted by atomic mass is 10.0. The van der Waals surface area contributed by atoms with Crippen LogP contribution in [0.3, 0.4) is 0 Å². The highest BCUT2D eigenvalue weighted by atomic mass is 35.5. The lowest BCUT2D eigenvalue weighted by Gasteiger charge is -2.40. The maximum Gasteiger partial charge on any atom is 0.127 e. The number of rotatable bonds is 5. The van der Waals surface area contributed by atoms with Gasteiger partial charge in [0.05, 0.1) is 11.7 Å². The fraction of sp³-hybridized carbons (Fsp3) is 0.591. The van der Waals surface area contributed by atoms with Gasteiger partial charge in [0.1, 0.15) is 5.84 Å². The van der Waals surface area contributed by atoms with Gasteiger partial charge in [0.15, 0.2) is 0 Å². The van der Waals surface area contributed by atoms with Gasteiger partial charge in [-0.15, -0.1) is 0 Å². The minimum atomic E-state index is 0.324. The van der Waals surface area contributed by atoms with Crippen molar-refractivity contribution in [2.75, 3.05) is 39.8 Å². The summed E-state index contributed by atoms with van der Waals surface area (Å²) in [6, 6.07) is 6.26. The Hall–Kier alpha value is -1.36. The van der Waals surface area contributed by atoms with Crippen LogP contribution in [-0.4, -0.2) is 66.3 Å². The van der Waals surface area contributed by atoms with E-state index in [2.05, 4.69) is 49.1 Å². The van der Waals surface area contributed by atoms with Crippen LogP contribution < -0.4 is 0 Å². The Morgan fingerprint density at radius 2 is 2.04 bits per heavy atom. The van der Waals surface area contributed by atoms with Crippen LogP contribution in [0.4, 0.5) is 5.69 Å². The topological polar surface area (TPSA) is 22.1 Å². The van der Waals surface area contributed by atoms with E-state index < -0.39 is 0 Å². The van der Waals surface area contributed by atoms with Gasteiger partial charge in [-0.2, -0.15) is 0 Å². The van der Waals surface area contributed by atoms with Crippen LogP contribution in [0.2, 0.25) is 5.02 Å². The van der Waals surface area contributed by atoms with E-state index in [-0.39, 0.29) is 0 Å². The molecule has 1 aromatic carbocycles. The molecule has 4 nitrogen and oxygen atoms in total. The summed E-state index contributed by atoms with van der Waals surface area (Å²) in [5.74, 6) is 1.81. The summed E-state index contributed by atoms with van der Waals surface area (Å²) < 4.78 is 0. The van der Waals surface area contributed by atoms with Crippen molar-refractivity contribution in [3.05, 3.63) is 35.4 Å². The van der Waals surface area contributed by atoms with Crippen molar-refractivity contribution >= 4 is 28.8 Å². The van der Waals surface area contributed by atoms with E-state index in [1.807, 2.05) is 18.2 Å². The zero-order valence-corrected chi connectivity index (χ0v) is 18.0. The van der Waals surface area contributed by atoms with Crippen molar-refractivity contribution in [3.8, 4) is 0 Å². The molecule has 27 heavy (non-hydrogen) atoms. The number of hydrogen-bond donors (Lipinski definition) is 0. The molecule has 0 unspecified atom stereocenters. The zero-order valence-electron chi connectivity index (χ0n) is 17.2. The van der Waals surface area contributed by atoms with E-state index in [1.165, 1.54) is 0 Å². The second-order valence-electron chi connectivity index (χ2n) is 7.99. The number of benzene rings is 1. The molecule has 148 valence electrons. The van der Waals surface area contributed by atoms with Crippen LogP contribution in [-0.2, 0) is 0 Å². The lowest BCUT2D eigenvalue weighted by molar-refractivity contribution is 0.215. The molecule has 1 aromatic rings. The predicted octanol–water partition coefficient (Wildman–Crippen LogP) is 4.73. The minimum absolute atomic E-state index is 0.324. The fourth-order valence-electron chi connectivity index (χ4n) is 4.41. The highest BCUT2D eigenvalue weighted by molar-refractivity contribution is 6.31. The van der Waals surface area contributed by atoms with Gasteiger partial charge in [-0.3, -0.25) is 4.90 Å². The van der Waals surface area contributed by atoms with E-state index in [4.69, 9.17) is 16.6 Å². The van der Waals surface area contributed by atoms with Crippen molar-refractivity contribution in [2.24, 2.45) is 10.9 Å². The van der Waals surface area contributed by atoms with Crippen LogP contribution in [0.5, 0.6) is 0 Å². The molecule has 0 bridgehead atoms. The van der Waals surface area contributed by atoms with E-state index in [0.29, 0.717) is 12.0 Å². The Morgan fingerprint density at radius 1 is 1.26 bits per heavy atom. The van der Waals surface area contributed by atoms with Crippen LogP contribution in [0.1, 0.15) is 39.2 Å². The lowest BCUT2D eigenvalue weighted by Crippen LogP contribution is -2.50. The van der Waals surface area contributed by atoms with E-state index in [0.717, 1.165) is 73.4 Å². The molecule has 0 radical (unpaired) electrons. The normalized spacial score (nSPS) is 23.0. The van der Waals surface area contributed by atoms with Gasteiger partial charge >= 0.3 is 0 Å². The molecule has 0 N–H and O–H groups in total. The molecular formula is C22H33ClN4. The molecule has 0 saturated carbocycles. The smallest absolute Gasteiger partial charge is 0.127 e. The number of aliphatic imine (C=N–C) groups is 1. The summed E-state index contributed by atoms with van der Waals surface area (Å²) in [6.45, 7) is 16.5. The highest BCUT2D eigenvalue weighted by Crippen LogP contribution is 2.36. The van der Waals surface area contributed by atoms with Crippen LogP contribution >= 0.6 is 11.6 Å². The number of fused-ring (bicyclic) bond motifs is 1. The number of halogens is 1.